The van der Waals surface area contributed by atoms with Crippen LogP contribution < -0.4 is 4.90 Å². The first-order valence-corrected chi connectivity index (χ1v) is 8.48. The number of hydrogen-bond acceptors (Lipinski definition) is 6. The zero-order valence-electron chi connectivity index (χ0n) is 10.8. The van der Waals surface area contributed by atoms with Gasteiger partial charge in [0.25, 0.3) is 5.91 Å². The highest BCUT2D eigenvalue weighted by molar-refractivity contribution is 7.13. The molecule has 0 spiro atoms. The van der Waals surface area contributed by atoms with E-state index >= 15 is 0 Å². The SMILES string of the molecule is O=C(c1cccs1)N1CC[C@H]2[C@H]1CCN2c1nncs1. The summed E-state index contributed by atoms with van der Waals surface area (Å²) >= 11 is 3.10. The second-order valence-electron chi connectivity index (χ2n) is 5.10. The molecule has 0 saturated carbocycles. The molecule has 2 saturated heterocycles. The van der Waals surface area contributed by atoms with E-state index in [-0.39, 0.29) is 5.91 Å². The lowest BCUT2D eigenvalue weighted by molar-refractivity contribution is 0.0742. The van der Waals surface area contributed by atoms with Crippen molar-refractivity contribution in [3.05, 3.63) is 27.9 Å². The van der Waals surface area contributed by atoms with E-state index in [9.17, 15) is 4.79 Å². The van der Waals surface area contributed by atoms with E-state index in [1.807, 2.05) is 17.5 Å². The molecule has 104 valence electrons. The highest BCUT2D eigenvalue weighted by Gasteiger charge is 2.45. The number of carbonyl (C=O) groups excluding carboxylic acids is 1. The van der Waals surface area contributed by atoms with Crippen molar-refractivity contribution in [2.75, 3.05) is 18.0 Å². The predicted molar refractivity (Wildman–Crippen MR) is 79.4 cm³/mol. The van der Waals surface area contributed by atoms with Crippen molar-refractivity contribution in [2.24, 2.45) is 0 Å². The van der Waals surface area contributed by atoms with E-state index in [1.165, 1.54) is 11.3 Å². The zero-order chi connectivity index (χ0) is 13.5. The quantitative estimate of drug-likeness (QED) is 0.852. The average molecular weight is 306 g/mol. The second-order valence-corrected chi connectivity index (χ2v) is 6.86. The number of thiophene rings is 1. The molecule has 2 atom stereocenters. The van der Waals surface area contributed by atoms with E-state index in [0.29, 0.717) is 12.1 Å². The van der Waals surface area contributed by atoms with E-state index in [2.05, 4.69) is 20.0 Å². The first-order valence-electron chi connectivity index (χ1n) is 6.72. The number of rotatable bonds is 2. The second kappa shape index (κ2) is 4.82. The van der Waals surface area contributed by atoms with Crippen molar-refractivity contribution >= 4 is 33.7 Å². The van der Waals surface area contributed by atoms with Crippen LogP contribution in [0.3, 0.4) is 0 Å². The summed E-state index contributed by atoms with van der Waals surface area (Å²) in [6.45, 7) is 1.82. The molecule has 0 bridgehead atoms. The largest absolute Gasteiger partial charge is 0.341 e. The number of hydrogen-bond donors (Lipinski definition) is 0. The van der Waals surface area contributed by atoms with Crippen molar-refractivity contribution in [3.63, 3.8) is 0 Å². The summed E-state index contributed by atoms with van der Waals surface area (Å²) in [5, 5.41) is 11.0. The summed E-state index contributed by atoms with van der Waals surface area (Å²) in [7, 11) is 0. The lowest BCUT2D eigenvalue weighted by Gasteiger charge is -2.24. The topological polar surface area (TPSA) is 49.3 Å². The molecule has 2 aromatic heterocycles. The van der Waals surface area contributed by atoms with Crippen LogP contribution in [0.2, 0.25) is 0 Å². The highest BCUT2D eigenvalue weighted by atomic mass is 32.1. The number of likely N-dealkylation sites (tertiary alicyclic amines) is 1. The Bertz CT molecular complexity index is 598. The standard InChI is InChI=1S/C13H14N4OS2/c18-12(11-2-1-7-19-11)16-5-3-10-9(16)4-6-17(10)13-15-14-8-20-13/h1-2,7-10H,3-6H2/t9-,10+/m1/s1. The maximum absolute atomic E-state index is 12.5. The molecule has 4 rings (SSSR count). The summed E-state index contributed by atoms with van der Waals surface area (Å²) < 4.78 is 0. The Morgan fingerprint density at radius 1 is 1.25 bits per heavy atom. The van der Waals surface area contributed by atoms with Crippen LogP contribution in [0.25, 0.3) is 0 Å². The number of carbonyl (C=O) groups is 1. The van der Waals surface area contributed by atoms with Crippen LogP contribution >= 0.6 is 22.7 Å². The first-order chi connectivity index (χ1) is 9.84. The summed E-state index contributed by atoms with van der Waals surface area (Å²) in [6, 6.07) is 4.59. The van der Waals surface area contributed by atoms with Crippen LogP contribution in [0.15, 0.2) is 23.0 Å². The minimum Gasteiger partial charge on any atom is -0.341 e. The highest BCUT2D eigenvalue weighted by Crippen LogP contribution is 2.36. The molecule has 4 heterocycles. The molecule has 1 amide bonds. The number of aromatic nitrogens is 2. The lowest BCUT2D eigenvalue weighted by Crippen LogP contribution is -2.39. The van der Waals surface area contributed by atoms with Gasteiger partial charge in [-0.2, -0.15) is 0 Å². The molecule has 2 fully saturated rings. The molecule has 0 unspecified atom stereocenters. The first kappa shape index (κ1) is 12.3. The Hall–Kier alpha value is -1.47. The van der Waals surface area contributed by atoms with Crippen LogP contribution in [0.5, 0.6) is 0 Å². The van der Waals surface area contributed by atoms with Gasteiger partial charge >= 0.3 is 0 Å². The molecule has 5 nitrogen and oxygen atoms in total. The van der Waals surface area contributed by atoms with Gasteiger partial charge in [0.05, 0.1) is 17.0 Å². The third-order valence-corrected chi connectivity index (χ3v) is 5.75. The minimum absolute atomic E-state index is 0.187. The van der Waals surface area contributed by atoms with Gasteiger partial charge in [0, 0.05) is 13.1 Å². The van der Waals surface area contributed by atoms with Gasteiger partial charge in [-0.25, -0.2) is 0 Å². The molecule has 0 aromatic carbocycles. The smallest absolute Gasteiger partial charge is 0.264 e. The van der Waals surface area contributed by atoms with Crippen molar-refractivity contribution in [1.29, 1.82) is 0 Å². The van der Waals surface area contributed by atoms with Crippen LogP contribution in [0, 0.1) is 0 Å². The third kappa shape index (κ3) is 1.84. The fourth-order valence-electron chi connectivity index (χ4n) is 3.31. The summed E-state index contributed by atoms with van der Waals surface area (Å²) in [6.07, 6.45) is 2.06. The van der Waals surface area contributed by atoms with E-state index in [1.54, 1.807) is 16.8 Å². The normalized spacial score (nSPS) is 25.2. The Morgan fingerprint density at radius 3 is 2.90 bits per heavy atom. The minimum atomic E-state index is 0.187. The lowest BCUT2D eigenvalue weighted by atomic mass is 10.1. The van der Waals surface area contributed by atoms with E-state index in [0.717, 1.165) is 35.9 Å². The third-order valence-electron chi connectivity index (χ3n) is 4.16. The molecule has 2 aromatic rings. The molecular formula is C13H14N4OS2. The predicted octanol–water partition coefficient (Wildman–Crippen LogP) is 2.09. The van der Waals surface area contributed by atoms with Crippen LogP contribution in [-0.2, 0) is 0 Å². The van der Waals surface area contributed by atoms with Crippen molar-refractivity contribution < 1.29 is 4.79 Å². The van der Waals surface area contributed by atoms with Crippen LogP contribution in [0.1, 0.15) is 22.5 Å². The number of amides is 1. The van der Waals surface area contributed by atoms with E-state index < -0.39 is 0 Å². The number of anilines is 1. The molecule has 0 aliphatic carbocycles. The fourth-order valence-corrected chi connectivity index (χ4v) is 4.63. The van der Waals surface area contributed by atoms with Gasteiger partial charge in [0.15, 0.2) is 0 Å². The van der Waals surface area contributed by atoms with E-state index in [4.69, 9.17) is 0 Å². The summed E-state index contributed by atoms with van der Waals surface area (Å²) in [4.78, 5) is 17.8. The fraction of sp³-hybridized carbons (Fsp3) is 0.462. The molecule has 2 aliphatic heterocycles. The molecule has 0 radical (unpaired) electrons. The number of nitrogens with zero attached hydrogens (tertiary/aromatic N) is 4. The van der Waals surface area contributed by atoms with Crippen molar-refractivity contribution in [3.8, 4) is 0 Å². The average Bonchev–Trinajstić information content (AvgIpc) is 3.21. The zero-order valence-corrected chi connectivity index (χ0v) is 12.4. The Morgan fingerprint density at radius 2 is 2.15 bits per heavy atom. The van der Waals surface area contributed by atoms with Gasteiger partial charge < -0.3 is 9.80 Å². The molecular weight excluding hydrogens is 292 g/mol. The Labute approximate surface area is 124 Å². The molecule has 2 aliphatic rings. The molecule has 20 heavy (non-hydrogen) atoms. The van der Waals surface area contributed by atoms with Crippen LogP contribution in [-0.4, -0.2) is 46.2 Å². The van der Waals surface area contributed by atoms with Gasteiger partial charge in [-0.05, 0) is 24.3 Å². The van der Waals surface area contributed by atoms with Gasteiger partial charge in [0.2, 0.25) is 5.13 Å². The Kier molecular flexibility index (Phi) is 2.96. The summed E-state index contributed by atoms with van der Waals surface area (Å²) in [5.41, 5.74) is 1.77. The van der Waals surface area contributed by atoms with Gasteiger partial charge in [-0.15, -0.1) is 21.5 Å². The molecule has 7 heteroatoms. The Balaban J connectivity index is 1.55. The van der Waals surface area contributed by atoms with Crippen LogP contribution in [0.4, 0.5) is 5.13 Å². The molecule has 0 N–H and O–H groups in total. The monoisotopic (exact) mass is 306 g/mol. The number of fused-ring (bicyclic) bond motifs is 1. The van der Waals surface area contributed by atoms with Gasteiger partial charge in [0.1, 0.15) is 5.51 Å². The van der Waals surface area contributed by atoms with Crippen molar-refractivity contribution in [2.45, 2.75) is 24.9 Å². The maximum Gasteiger partial charge on any atom is 0.264 e. The van der Waals surface area contributed by atoms with Gasteiger partial charge in [-0.3, -0.25) is 4.79 Å². The van der Waals surface area contributed by atoms with Gasteiger partial charge in [-0.1, -0.05) is 17.4 Å². The van der Waals surface area contributed by atoms with Crippen molar-refractivity contribution in [1.82, 2.24) is 15.1 Å². The summed E-state index contributed by atoms with van der Waals surface area (Å²) in [5.74, 6) is 0.187. The maximum atomic E-state index is 12.5.